The minimum Gasteiger partial charge on any atom is -0.371 e. The molecule has 0 spiro atoms. The minimum atomic E-state index is -0.391. The number of hydrogen-bond donors (Lipinski definition) is 2. The second-order valence-corrected chi connectivity index (χ2v) is 8.48. The molecule has 29 heavy (non-hydrogen) atoms. The van der Waals surface area contributed by atoms with Gasteiger partial charge in [-0.05, 0) is 50.5 Å². The molecular formula is C20H25FN4O3S. The quantitative estimate of drug-likeness (QED) is 0.683. The summed E-state index contributed by atoms with van der Waals surface area (Å²) in [6.07, 6.45) is 0.973. The molecule has 156 valence electrons. The van der Waals surface area contributed by atoms with Crippen LogP contribution in [0.1, 0.15) is 19.1 Å². The van der Waals surface area contributed by atoms with Crippen molar-refractivity contribution < 1.29 is 18.5 Å². The maximum atomic E-state index is 13.0. The molecule has 1 aliphatic heterocycles. The number of amides is 2. The van der Waals surface area contributed by atoms with Gasteiger partial charge in [-0.25, -0.2) is 4.39 Å². The van der Waals surface area contributed by atoms with E-state index in [0.29, 0.717) is 24.0 Å². The summed E-state index contributed by atoms with van der Waals surface area (Å²) in [4.78, 5) is 26.4. The number of carbonyl (C=O) groups is 2. The first-order valence-corrected chi connectivity index (χ1v) is 10.6. The molecule has 1 saturated heterocycles. The van der Waals surface area contributed by atoms with Crippen LogP contribution in [-0.4, -0.2) is 47.6 Å². The summed E-state index contributed by atoms with van der Waals surface area (Å²) in [7, 11) is 0. The highest BCUT2D eigenvalue weighted by molar-refractivity contribution is 8.01. The fraction of sp³-hybridized carbons (Fsp3) is 0.450. The smallest absolute Gasteiger partial charge is 0.238 e. The van der Waals surface area contributed by atoms with Gasteiger partial charge in [0.05, 0.1) is 11.0 Å². The highest BCUT2D eigenvalue weighted by atomic mass is 32.2. The average molecular weight is 421 g/mol. The van der Waals surface area contributed by atoms with Gasteiger partial charge in [-0.1, -0.05) is 5.16 Å². The molecule has 2 amide bonds. The van der Waals surface area contributed by atoms with Crippen molar-refractivity contribution in [2.75, 3.05) is 35.6 Å². The predicted molar refractivity (Wildman–Crippen MR) is 112 cm³/mol. The Kier molecular flexibility index (Phi) is 7.13. The number of carbonyl (C=O) groups excluding carboxylic acids is 2. The Morgan fingerprint density at radius 3 is 2.83 bits per heavy atom. The van der Waals surface area contributed by atoms with E-state index in [9.17, 15) is 14.0 Å². The van der Waals surface area contributed by atoms with Gasteiger partial charge in [0, 0.05) is 31.4 Å². The maximum Gasteiger partial charge on any atom is 0.238 e. The number of halogens is 1. The van der Waals surface area contributed by atoms with Crippen molar-refractivity contribution in [2.45, 2.75) is 25.5 Å². The van der Waals surface area contributed by atoms with Crippen LogP contribution in [0, 0.1) is 18.7 Å². The Balaban J connectivity index is 1.34. The van der Waals surface area contributed by atoms with Gasteiger partial charge in [-0.3, -0.25) is 9.59 Å². The molecule has 0 radical (unpaired) electrons. The summed E-state index contributed by atoms with van der Waals surface area (Å²) in [6, 6.07) is 8.11. The SMILES string of the molecule is Cc1cc(NC(=O)C(C)SCC(=O)NCC2CCN(c3ccc(F)cc3)C2)no1. The van der Waals surface area contributed by atoms with Gasteiger partial charge in [-0.15, -0.1) is 11.8 Å². The molecule has 0 saturated carbocycles. The number of thioether (sulfide) groups is 1. The number of nitrogens with zero attached hydrogens (tertiary/aromatic N) is 2. The summed E-state index contributed by atoms with van der Waals surface area (Å²) in [5.41, 5.74) is 0.998. The zero-order chi connectivity index (χ0) is 20.8. The summed E-state index contributed by atoms with van der Waals surface area (Å²) in [5, 5.41) is 8.94. The average Bonchev–Trinajstić information content (AvgIpc) is 3.34. The first kappa shape index (κ1) is 21.2. The van der Waals surface area contributed by atoms with Crippen LogP contribution < -0.4 is 15.5 Å². The molecule has 1 aromatic carbocycles. The fourth-order valence-corrected chi connectivity index (χ4v) is 3.84. The normalized spacial score (nSPS) is 17.2. The second-order valence-electron chi connectivity index (χ2n) is 7.15. The lowest BCUT2D eigenvalue weighted by Gasteiger charge is -2.19. The van der Waals surface area contributed by atoms with Crippen LogP contribution in [0.2, 0.25) is 0 Å². The van der Waals surface area contributed by atoms with Crippen molar-refractivity contribution >= 4 is 35.1 Å². The number of anilines is 2. The van der Waals surface area contributed by atoms with Crippen LogP contribution in [-0.2, 0) is 9.59 Å². The number of aryl methyl sites for hydroxylation is 1. The molecule has 1 fully saturated rings. The van der Waals surface area contributed by atoms with Gasteiger partial charge in [0.2, 0.25) is 11.8 Å². The van der Waals surface area contributed by atoms with E-state index in [4.69, 9.17) is 4.52 Å². The van der Waals surface area contributed by atoms with E-state index in [1.165, 1.54) is 23.9 Å². The molecule has 2 atom stereocenters. The van der Waals surface area contributed by atoms with E-state index >= 15 is 0 Å². The molecule has 9 heteroatoms. The molecule has 1 aliphatic rings. The third-order valence-corrected chi connectivity index (χ3v) is 5.92. The van der Waals surface area contributed by atoms with Crippen LogP contribution in [0.3, 0.4) is 0 Å². The fourth-order valence-electron chi connectivity index (χ4n) is 3.12. The predicted octanol–water partition coefficient (Wildman–Crippen LogP) is 2.83. The summed E-state index contributed by atoms with van der Waals surface area (Å²) in [6.45, 7) is 5.80. The van der Waals surface area contributed by atoms with Crippen LogP contribution in [0.4, 0.5) is 15.9 Å². The molecule has 0 aliphatic carbocycles. The standard InChI is InChI=1S/C20H25FN4O3S/c1-13-9-18(24-28-13)23-20(27)14(2)29-12-19(26)22-10-15-7-8-25(11-15)17-5-3-16(21)4-6-17/h3-6,9,14-15H,7-8,10-12H2,1-2H3,(H,22,26)(H,23,24,27). The van der Waals surface area contributed by atoms with Gasteiger partial charge in [0.25, 0.3) is 0 Å². The van der Waals surface area contributed by atoms with Crippen molar-refractivity contribution in [3.63, 3.8) is 0 Å². The molecular weight excluding hydrogens is 395 g/mol. The van der Waals surface area contributed by atoms with E-state index in [2.05, 4.69) is 20.7 Å². The summed E-state index contributed by atoms with van der Waals surface area (Å²) >= 11 is 1.27. The lowest BCUT2D eigenvalue weighted by atomic mass is 10.1. The van der Waals surface area contributed by atoms with Gasteiger partial charge >= 0.3 is 0 Å². The second kappa shape index (κ2) is 9.78. The molecule has 2 aromatic rings. The molecule has 3 rings (SSSR count). The van der Waals surface area contributed by atoms with E-state index in [0.717, 1.165) is 25.2 Å². The number of rotatable bonds is 8. The minimum absolute atomic E-state index is 0.0906. The zero-order valence-electron chi connectivity index (χ0n) is 16.5. The van der Waals surface area contributed by atoms with Gasteiger partial charge in [0.15, 0.2) is 5.82 Å². The number of hydrogen-bond acceptors (Lipinski definition) is 6. The molecule has 2 unspecified atom stereocenters. The van der Waals surface area contributed by atoms with E-state index in [-0.39, 0.29) is 23.4 Å². The van der Waals surface area contributed by atoms with Crippen molar-refractivity contribution in [3.05, 3.63) is 41.9 Å². The first-order valence-electron chi connectivity index (χ1n) is 9.53. The number of aromatic nitrogens is 1. The van der Waals surface area contributed by atoms with Crippen LogP contribution in [0.5, 0.6) is 0 Å². The Morgan fingerprint density at radius 1 is 1.38 bits per heavy atom. The summed E-state index contributed by atoms with van der Waals surface area (Å²) in [5.74, 6) is 0.995. The van der Waals surface area contributed by atoms with E-state index < -0.39 is 5.25 Å². The van der Waals surface area contributed by atoms with Crippen LogP contribution >= 0.6 is 11.8 Å². The Morgan fingerprint density at radius 2 is 2.14 bits per heavy atom. The molecule has 1 aromatic heterocycles. The molecule has 2 heterocycles. The lowest BCUT2D eigenvalue weighted by molar-refractivity contribution is -0.118. The van der Waals surface area contributed by atoms with E-state index in [1.54, 1.807) is 32.0 Å². The first-order chi connectivity index (χ1) is 13.9. The van der Waals surface area contributed by atoms with Gasteiger partial charge in [0.1, 0.15) is 11.6 Å². The number of benzene rings is 1. The van der Waals surface area contributed by atoms with Crippen LogP contribution in [0.25, 0.3) is 0 Å². The molecule has 7 nitrogen and oxygen atoms in total. The van der Waals surface area contributed by atoms with E-state index in [1.807, 2.05) is 0 Å². The third-order valence-electron chi connectivity index (χ3n) is 4.78. The summed E-state index contributed by atoms with van der Waals surface area (Å²) < 4.78 is 18.0. The Bertz CT molecular complexity index is 843. The topological polar surface area (TPSA) is 87.5 Å². The van der Waals surface area contributed by atoms with Crippen molar-refractivity contribution in [2.24, 2.45) is 5.92 Å². The van der Waals surface area contributed by atoms with Crippen molar-refractivity contribution in [1.29, 1.82) is 0 Å². The largest absolute Gasteiger partial charge is 0.371 e. The lowest BCUT2D eigenvalue weighted by Crippen LogP contribution is -2.33. The van der Waals surface area contributed by atoms with Crippen molar-refractivity contribution in [3.8, 4) is 0 Å². The zero-order valence-corrected chi connectivity index (χ0v) is 17.3. The number of nitrogens with one attached hydrogen (secondary N) is 2. The maximum absolute atomic E-state index is 13.0. The van der Waals surface area contributed by atoms with Gasteiger partial charge in [-0.2, -0.15) is 0 Å². The highest BCUT2D eigenvalue weighted by Crippen LogP contribution is 2.23. The van der Waals surface area contributed by atoms with Crippen LogP contribution in [0.15, 0.2) is 34.9 Å². The Labute approximate surface area is 173 Å². The highest BCUT2D eigenvalue weighted by Gasteiger charge is 2.23. The molecule has 2 N–H and O–H groups in total. The monoisotopic (exact) mass is 420 g/mol. The van der Waals surface area contributed by atoms with Gasteiger partial charge < -0.3 is 20.1 Å². The molecule has 0 bridgehead atoms. The third kappa shape index (κ3) is 6.22. The van der Waals surface area contributed by atoms with Crippen molar-refractivity contribution in [1.82, 2.24) is 10.5 Å². The Hall–Kier alpha value is -2.55.